The lowest BCUT2D eigenvalue weighted by Gasteiger charge is -2.41. The van der Waals surface area contributed by atoms with Crippen molar-refractivity contribution in [2.24, 2.45) is 17.3 Å². The van der Waals surface area contributed by atoms with E-state index in [-0.39, 0.29) is 22.2 Å². The average molecular weight is 272 g/mol. The van der Waals surface area contributed by atoms with Crippen molar-refractivity contribution in [3.63, 3.8) is 0 Å². The number of likely N-dealkylation sites (N-methyl/N-ethyl adjacent to an activating group) is 1. The third kappa shape index (κ3) is 3.43. The summed E-state index contributed by atoms with van der Waals surface area (Å²) >= 11 is 0. The maximum Gasteiger partial charge on any atom is 0.310 e. The summed E-state index contributed by atoms with van der Waals surface area (Å²) in [6.07, 6.45) is 1.13. The third-order valence-electron chi connectivity index (χ3n) is 4.25. The SMILES string of the molecule is CNC1C(C(=O)OC)CC(C(C)(C)C)CC1[N+](=O)[O-]. The van der Waals surface area contributed by atoms with Crippen LogP contribution in [-0.4, -0.2) is 37.1 Å². The van der Waals surface area contributed by atoms with Gasteiger partial charge in [0.1, 0.15) is 0 Å². The van der Waals surface area contributed by atoms with Gasteiger partial charge in [0, 0.05) is 11.3 Å². The molecule has 0 heterocycles. The van der Waals surface area contributed by atoms with Crippen molar-refractivity contribution >= 4 is 5.97 Å². The summed E-state index contributed by atoms with van der Waals surface area (Å²) < 4.78 is 4.81. The molecule has 0 aromatic carbocycles. The second-order valence-corrected chi connectivity index (χ2v) is 6.33. The fraction of sp³-hybridized carbons (Fsp3) is 0.923. The highest BCUT2D eigenvalue weighted by molar-refractivity contribution is 5.73. The Hall–Kier alpha value is -1.17. The molecule has 0 spiro atoms. The quantitative estimate of drug-likeness (QED) is 0.478. The van der Waals surface area contributed by atoms with Crippen LogP contribution < -0.4 is 5.32 Å². The van der Waals surface area contributed by atoms with Crippen molar-refractivity contribution in [2.45, 2.75) is 45.7 Å². The van der Waals surface area contributed by atoms with Gasteiger partial charge >= 0.3 is 5.97 Å². The number of rotatable bonds is 3. The fourth-order valence-electron chi connectivity index (χ4n) is 2.97. The first-order valence-corrected chi connectivity index (χ1v) is 6.61. The maximum atomic E-state index is 11.9. The summed E-state index contributed by atoms with van der Waals surface area (Å²) in [5.41, 5.74) is -0.0563. The van der Waals surface area contributed by atoms with Crippen LogP contribution in [0.2, 0.25) is 0 Å². The molecule has 1 aliphatic rings. The van der Waals surface area contributed by atoms with E-state index in [1.165, 1.54) is 7.11 Å². The number of methoxy groups -OCH3 is 1. The van der Waals surface area contributed by atoms with Gasteiger partial charge in [-0.1, -0.05) is 20.8 Å². The van der Waals surface area contributed by atoms with Crippen LogP contribution in [0.1, 0.15) is 33.6 Å². The van der Waals surface area contributed by atoms with Crippen LogP contribution in [-0.2, 0) is 9.53 Å². The minimum absolute atomic E-state index is 0.0563. The second-order valence-electron chi connectivity index (χ2n) is 6.33. The molecule has 1 rings (SSSR count). The van der Waals surface area contributed by atoms with Crippen LogP contribution in [0.25, 0.3) is 0 Å². The lowest BCUT2D eigenvalue weighted by atomic mass is 9.66. The Morgan fingerprint density at radius 3 is 2.32 bits per heavy atom. The van der Waals surface area contributed by atoms with Gasteiger partial charge < -0.3 is 10.1 Å². The number of carbonyl (C=O) groups excluding carboxylic acids is 1. The number of hydrogen-bond acceptors (Lipinski definition) is 5. The van der Waals surface area contributed by atoms with Crippen LogP contribution >= 0.6 is 0 Å². The summed E-state index contributed by atoms with van der Waals surface area (Å²) in [4.78, 5) is 22.9. The molecule has 1 fully saturated rings. The van der Waals surface area contributed by atoms with Gasteiger partial charge in [-0.25, -0.2) is 0 Å². The zero-order chi connectivity index (χ0) is 14.8. The van der Waals surface area contributed by atoms with Gasteiger partial charge in [0.25, 0.3) is 0 Å². The molecular weight excluding hydrogens is 248 g/mol. The van der Waals surface area contributed by atoms with Crippen molar-refractivity contribution in [3.05, 3.63) is 10.1 Å². The Morgan fingerprint density at radius 2 is 1.95 bits per heavy atom. The molecule has 0 aliphatic heterocycles. The molecule has 0 amide bonds. The molecule has 6 heteroatoms. The predicted molar refractivity (Wildman–Crippen MR) is 71.3 cm³/mol. The Kier molecular flexibility index (Phi) is 4.90. The van der Waals surface area contributed by atoms with E-state index >= 15 is 0 Å². The normalized spacial score (nSPS) is 31.8. The van der Waals surface area contributed by atoms with E-state index in [9.17, 15) is 14.9 Å². The van der Waals surface area contributed by atoms with Gasteiger partial charge in [-0.3, -0.25) is 14.9 Å². The molecule has 110 valence electrons. The molecule has 1 N–H and O–H groups in total. The number of carbonyl (C=O) groups is 1. The molecule has 6 nitrogen and oxygen atoms in total. The van der Waals surface area contributed by atoms with Gasteiger partial charge in [0.2, 0.25) is 6.04 Å². The Labute approximate surface area is 114 Å². The van der Waals surface area contributed by atoms with E-state index in [1.807, 2.05) is 0 Å². The van der Waals surface area contributed by atoms with Gasteiger partial charge in [-0.05, 0) is 24.8 Å². The summed E-state index contributed by atoms with van der Waals surface area (Å²) in [7, 11) is 2.99. The molecule has 0 radical (unpaired) electrons. The first-order chi connectivity index (χ1) is 8.72. The van der Waals surface area contributed by atoms with E-state index in [0.29, 0.717) is 12.8 Å². The van der Waals surface area contributed by atoms with E-state index < -0.39 is 18.0 Å². The summed E-state index contributed by atoms with van der Waals surface area (Å²) in [6, 6.07) is -1.20. The smallest absolute Gasteiger partial charge is 0.310 e. The van der Waals surface area contributed by atoms with Crippen LogP contribution in [0.3, 0.4) is 0 Å². The number of ether oxygens (including phenoxy) is 1. The minimum Gasteiger partial charge on any atom is -0.469 e. The summed E-state index contributed by atoms with van der Waals surface area (Å²) in [5, 5.41) is 14.2. The van der Waals surface area contributed by atoms with E-state index in [4.69, 9.17) is 4.74 Å². The molecule has 4 atom stereocenters. The molecule has 19 heavy (non-hydrogen) atoms. The molecule has 0 bridgehead atoms. The topological polar surface area (TPSA) is 81.5 Å². The minimum atomic E-state index is -0.743. The number of esters is 1. The number of nitrogens with one attached hydrogen (secondary N) is 1. The van der Waals surface area contributed by atoms with Crippen molar-refractivity contribution in [1.29, 1.82) is 0 Å². The van der Waals surface area contributed by atoms with Crippen LogP contribution in [0.5, 0.6) is 0 Å². The predicted octanol–water partition coefficient (Wildman–Crippen LogP) is 1.46. The van der Waals surface area contributed by atoms with Gasteiger partial charge in [-0.15, -0.1) is 0 Å². The van der Waals surface area contributed by atoms with Crippen LogP contribution in [0.4, 0.5) is 0 Å². The first-order valence-electron chi connectivity index (χ1n) is 6.61. The fourth-order valence-corrected chi connectivity index (χ4v) is 2.97. The Bertz CT molecular complexity index is 351. The lowest BCUT2D eigenvalue weighted by Crippen LogP contribution is -2.56. The van der Waals surface area contributed by atoms with Crippen molar-refractivity contribution in [2.75, 3.05) is 14.2 Å². The lowest BCUT2D eigenvalue weighted by molar-refractivity contribution is -0.534. The molecule has 1 aliphatic carbocycles. The van der Waals surface area contributed by atoms with E-state index in [2.05, 4.69) is 26.1 Å². The van der Waals surface area contributed by atoms with Crippen LogP contribution in [0, 0.1) is 27.4 Å². The molecular formula is C13H24N2O4. The summed E-state index contributed by atoms with van der Waals surface area (Å²) in [6.45, 7) is 6.17. The van der Waals surface area contributed by atoms with Gasteiger partial charge in [0.05, 0.1) is 19.1 Å². The van der Waals surface area contributed by atoms with Gasteiger partial charge in [-0.2, -0.15) is 0 Å². The van der Waals surface area contributed by atoms with Crippen molar-refractivity contribution in [3.8, 4) is 0 Å². The molecule has 0 saturated heterocycles. The second kappa shape index (κ2) is 5.86. The zero-order valence-corrected chi connectivity index (χ0v) is 12.3. The highest BCUT2D eigenvalue weighted by Crippen LogP contribution is 2.41. The zero-order valence-electron chi connectivity index (χ0n) is 12.3. The standard InChI is InChI=1S/C13H24N2O4/c1-13(2,3)8-6-9(12(16)19-5)11(14-4)10(7-8)15(17)18/h8-11,14H,6-7H2,1-5H3. The van der Waals surface area contributed by atoms with Crippen molar-refractivity contribution in [1.82, 2.24) is 5.32 Å². The Morgan fingerprint density at radius 1 is 1.37 bits per heavy atom. The molecule has 0 aromatic heterocycles. The third-order valence-corrected chi connectivity index (χ3v) is 4.25. The van der Waals surface area contributed by atoms with Crippen molar-refractivity contribution < 1.29 is 14.5 Å². The number of nitro groups is 1. The number of hydrogen-bond donors (Lipinski definition) is 1. The first kappa shape index (κ1) is 15.9. The highest BCUT2D eigenvalue weighted by Gasteiger charge is 2.49. The largest absolute Gasteiger partial charge is 0.469 e. The highest BCUT2D eigenvalue weighted by atomic mass is 16.6. The van der Waals surface area contributed by atoms with Gasteiger partial charge in [0.15, 0.2) is 0 Å². The Balaban J connectivity index is 3.05. The average Bonchev–Trinajstić information content (AvgIpc) is 2.34. The molecule has 1 saturated carbocycles. The maximum absolute atomic E-state index is 11.9. The van der Waals surface area contributed by atoms with E-state index in [0.717, 1.165) is 0 Å². The number of nitrogens with zero attached hydrogens (tertiary/aromatic N) is 1. The summed E-state index contributed by atoms with van der Waals surface area (Å²) in [5.74, 6) is -0.680. The monoisotopic (exact) mass is 272 g/mol. The molecule has 4 unspecified atom stereocenters. The molecule has 0 aromatic rings. The van der Waals surface area contributed by atoms with E-state index in [1.54, 1.807) is 7.05 Å². The van der Waals surface area contributed by atoms with Crippen LogP contribution in [0.15, 0.2) is 0 Å².